The van der Waals surface area contributed by atoms with Crippen molar-refractivity contribution in [2.75, 3.05) is 6.61 Å². The van der Waals surface area contributed by atoms with Crippen LogP contribution in [0.1, 0.15) is 18.5 Å². The quantitative estimate of drug-likeness (QED) is 0.864. The summed E-state index contributed by atoms with van der Waals surface area (Å²) in [6.45, 7) is 1.64. The van der Waals surface area contributed by atoms with Crippen LogP contribution in [0.15, 0.2) is 65.6 Å². The van der Waals surface area contributed by atoms with Gasteiger partial charge in [0.15, 0.2) is 5.37 Å². The van der Waals surface area contributed by atoms with Crippen molar-refractivity contribution < 1.29 is 17.9 Å². The maximum absolute atomic E-state index is 12.9. The summed E-state index contributed by atoms with van der Waals surface area (Å²) in [6.07, 6.45) is -0.606. The molecule has 1 saturated heterocycles. The number of hydrogen-bond acceptors (Lipinski definition) is 4. The normalized spacial score (nSPS) is 19.4. The molecule has 1 aliphatic heterocycles. The number of carbonyl (C=O) groups excluding carboxylic acids is 1. The molecule has 0 saturated carbocycles. The molecule has 2 atom stereocenters. The number of sulfone groups is 1. The van der Waals surface area contributed by atoms with Crippen molar-refractivity contribution >= 4 is 15.9 Å². The molecule has 6 heteroatoms. The molecular weight excluding hydrogens is 314 g/mol. The van der Waals surface area contributed by atoms with Crippen molar-refractivity contribution in [3.05, 3.63) is 66.2 Å². The molecule has 0 spiro atoms. The van der Waals surface area contributed by atoms with Gasteiger partial charge in [-0.25, -0.2) is 13.2 Å². The second-order valence-electron chi connectivity index (χ2n) is 5.38. The zero-order valence-electron chi connectivity index (χ0n) is 12.6. The molecule has 1 aliphatic rings. The second kappa shape index (κ2) is 6.04. The van der Waals surface area contributed by atoms with E-state index in [9.17, 15) is 13.2 Å². The monoisotopic (exact) mass is 331 g/mol. The van der Waals surface area contributed by atoms with Gasteiger partial charge in [0.25, 0.3) is 0 Å². The molecule has 23 heavy (non-hydrogen) atoms. The summed E-state index contributed by atoms with van der Waals surface area (Å²) >= 11 is 0. The highest BCUT2D eigenvalue weighted by atomic mass is 32.2. The first-order valence-electron chi connectivity index (χ1n) is 7.31. The first kappa shape index (κ1) is 15.6. The number of hydrogen-bond donors (Lipinski definition) is 0. The lowest BCUT2D eigenvalue weighted by molar-refractivity contribution is 0.149. The van der Waals surface area contributed by atoms with E-state index in [4.69, 9.17) is 4.74 Å². The number of carbonyl (C=O) groups is 1. The van der Waals surface area contributed by atoms with Gasteiger partial charge in [0.1, 0.15) is 6.61 Å². The minimum absolute atomic E-state index is 0.159. The van der Waals surface area contributed by atoms with Gasteiger partial charge in [-0.3, -0.25) is 4.90 Å². The lowest BCUT2D eigenvalue weighted by Crippen LogP contribution is -2.41. The molecular formula is C17H17NO4S. The third kappa shape index (κ3) is 2.82. The molecule has 0 aromatic heterocycles. The van der Waals surface area contributed by atoms with Crippen LogP contribution in [-0.4, -0.2) is 31.4 Å². The molecule has 3 rings (SSSR count). The highest BCUT2D eigenvalue weighted by Gasteiger charge is 2.45. The molecule has 2 aromatic carbocycles. The van der Waals surface area contributed by atoms with Crippen molar-refractivity contribution in [2.24, 2.45) is 0 Å². The van der Waals surface area contributed by atoms with Gasteiger partial charge >= 0.3 is 6.09 Å². The molecule has 0 bridgehead atoms. The Labute approximate surface area is 135 Å². The van der Waals surface area contributed by atoms with Crippen LogP contribution in [0, 0.1) is 0 Å². The molecule has 0 N–H and O–H groups in total. The molecule has 5 nitrogen and oxygen atoms in total. The highest BCUT2D eigenvalue weighted by molar-refractivity contribution is 7.92. The minimum atomic E-state index is -3.69. The van der Waals surface area contributed by atoms with E-state index < -0.39 is 27.3 Å². The number of amides is 1. The summed E-state index contributed by atoms with van der Waals surface area (Å²) in [7, 11) is -3.69. The molecule has 0 radical (unpaired) electrons. The lowest BCUT2D eigenvalue weighted by atomic mass is 10.1. The SMILES string of the molecule is C[C@H](c1ccccc1)N1C(=O)OC[C@H]1S(=O)(=O)c1ccccc1. The van der Waals surface area contributed by atoms with Gasteiger partial charge in [-0.2, -0.15) is 0 Å². The van der Waals surface area contributed by atoms with E-state index in [1.54, 1.807) is 25.1 Å². The predicted octanol–water partition coefficient (Wildman–Crippen LogP) is 3.00. The Morgan fingerprint density at radius 2 is 1.61 bits per heavy atom. The van der Waals surface area contributed by atoms with Gasteiger partial charge in [-0.15, -0.1) is 0 Å². The first-order valence-corrected chi connectivity index (χ1v) is 8.85. The van der Waals surface area contributed by atoms with Gasteiger partial charge in [0.2, 0.25) is 9.84 Å². The van der Waals surface area contributed by atoms with Gasteiger partial charge in [-0.1, -0.05) is 48.5 Å². The van der Waals surface area contributed by atoms with Crippen LogP contribution in [0.2, 0.25) is 0 Å². The molecule has 0 aliphatic carbocycles. The maximum atomic E-state index is 12.9. The van der Waals surface area contributed by atoms with Crippen molar-refractivity contribution in [3.63, 3.8) is 0 Å². The van der Waals surface area contributed by atoms with Crippen molar-refractivity contribution in [1.29, 1.82) is 0 Å². The van der Waals surface area contributed by atoms with E-state index >= 15 is 0 Å². The summed E-state index contributed by atoms with van der Waals surface area (Å²) in [5.41, 5.74) is 0.861. The molecule has 0 unspecified atom stereocenters. The number of ether oxygens (including phenoxy) is 1. The average molecular weight is 331 g/mol. The number of benzene rings is 2. The van der Waals surface area contributed by atoms with Crippen LogP contribution in [0.25, 0.3) is 0 Å². The first-order chi connectivity index (χ1) is 11.0. The molecule has 1 amide bonds. The standard InChI is InChI=1S/C17H17NO4S/c1-13(14-8-4-2-5-9-14)18-16(12-22-17(18)19)23(20,21)15-10-6-3-7-11-15/h2-11,13,16H,12H2,1H3/t13-,16-/m1/s1. The minimum Gasteiger partial charge on any atom is -0.446 e. The van der Waals surface area contributed by atoms with Crippen LogP contribution in [0.5, 0.6) is 0 Å². The van der Waals surface area contributed by atoms with Crippen LogP contribution >= 0.6 is 0 Å². The zero-order valence-corrected chi connectivity index (χ0v) is 13.4. The Balaban J connectivity index is 1.97. The largest absolute Gasteiger partial charge is 0.446 e. The fourth-order valence-corrected chi connectivity index (χ4v) is 4.39. The summed E-state index contributed by atoms with van der Waals surface area (Å²) < 4.78 is 30.7. The maximum Gasteiger partial charge on any atom is 0.411 e. The molecule has 120 valence electrons. The fraction of sp³-hybridized carbons (Fsp3) is 0.235. The van der Waals surface area contributed by atoms with Crippen LogP contribution in [0.3, 0.4) is 0 Å². The number of cyclic esters (lactones) is 1. The average Bonchev–Trinajstić information content (AvgIpc) is 2.98. The van der Waals surface area contributed by atoms with Gasteiger partial charge in [0, 0.05) is 0 Å². The number of nitrogens with zero attached hydrogens (tertiary/aromatic N) is 1. The van der Waals surface area contributed by atoms with E-state index in [1.165, 1.54) is 17.0 Å². The number of rotatable bonds is 4. The Kier molecular flexibility index (Phi) is 4.09. The summed E-state index contributed by atoms with van der Waals surface area (Å²) in [6, 6.07) is 17.1. The fourth-order valence-electron chi connectivity index (χ4n) is 2.72. The molecule has 1 fully saturated rings. The Bertz CT molecular complexity index is 790. The molecule has 1 heterocycles. The van der Waals surface area contributed by atoms with Crippen LogP contribution < -0.4 is 0 Å². The van der Waals surface area contributed by atoms with E-state index in [-0.39, 0.29) is 11.5 Å². The van der Waals surface area contributed by atoms with Crippen LogP contribution in [0.4, 0.5) is 4.79 Å². The third-order valence-corrected chi connectivity index (χ3v) is 6.01. The Morgan fingerprint density at radius 3 is 2.22 bits per heavy atom. The van der Waals surface area contributed by atoms with E-state index in [2.05, 4.69) is 0 Å². The van der Waals surface area contributed by atoms with Gasteiger partial charge in [-0.05, 0) is 24.6 Å². The van der Waals surface area contributed by atoms with Gasteiger partial charge < -0.3 is 4.74 Å². The van der Waals surface area contributed by atoms with E-state index in [0.717, 1.165) is 5.56 Å². The summed E-state index contributed by atoms with van der Waals surface area (Å²) in [5.74, 6) is 0. The summed E-state index contributed by atoms with van der Waals surface area (Å²) in [5, 5.41) is -1.02. The van der Waals surface area contributed by atoms with Crippen molar-refractivity contribution in [2.45, 2.75) is 23.2 Å². The third-order valence-electron chi connectivity index (χ3n) is 4.00. The summed E-state index contributed by atoms with van der Waals surface area (Å²) in [4.78, 5) is 13.6. The van der Waals surface area contributed by atoms with Crippen molar-refractivity contribution in [3.8, 4) is 0 Å². The Hall–Kier alpha value is -2.34. The van der Waals surface area contributed by atoms with E-state index in [0.29, 0.717) is 0 Å². The highest BCUT2D eigenvalue weighted by Crippen LogP contribution is 2.32. The van der Waals surface area contributed by atoms with Crippen LogP contribution in [-0.2, 0) is 14.6 Å². The predicted molar refractivity (Wildman–Crippen MR) is 85.5 cm³/mol. The molecule has 2 aromatic rings. The van der Waals surface area contributed by atoms with E-state index in [1.807, 2.05) is 30.3 Å². The zero-order chi connectivity index (χ0) is 16.4. The lowest BCUT2D eigenvalue weighted by Gasteiger charge is -2.28. The topological polar surface area (TPSA) is 63.7 Å². The smallest absolute Gasteiger partial charge is 0.411 e. The van der Waals surface area contributed by atoms with Gasteiger partial charge in [0.05, 0.1) is 10.9 Å². The van der Waals surface area contributed by atoms with Crippen molar-refractivity contribution in [1.82, 2.24) is 4.90 Å². The second-order valence-corrected chi connectivity index (χ2v) is 7.49. The Morgan fingerprint density at radius 1 is 1.04 bits per heavy atom.